The average molecular weight is 396 g/mol. The number of aromatic amines is 1. The number of likely N-dealkylation sites (tertiary alicyclic amines) is 1. The Morgan fingerprint density at radius 3 is 2.83 bits per heavy atom. The second-order valence-corrected chi connectivity index (χ2v) is 7.26. The maximum Gasteiger partial charge on any atom is 0.272 e. The minimum atomic E-state index is -0.190. The summed E-state index contributed by atoms with van der Waals surface area (Å²) in [5.41, 5.74) is 3.64. The van der Waals surface area contributed by atoms with Crippen molar-refractivity contribution in [2.75, 3.05) is 33.9 Å². The summed E-state index contributed by atoms with van der Waals surface area (Å²) in [6, 6.07) is 9.16. The molecule has 8 nitrogen and oxygen atoms in total. The number of fused-ring (bicyclic) bond motifs is 1. The quantitative estimate of drug-likeness (QED) is 0.688. The SMILES string of the molecule is COCCN1CC(c2cc(=O)n3[nH]c(-c4cccc(OC)c4)c(C)c3n2)CC1=O. The highest BCUT2D eigenvalue weighted by molar-refractivity contribution is 5.79. The van der Waals surface area contributed by atoms with Gasteiger partial charge in [0.2, 0.25) is 5.91 Å². The third-order valence-electron chi connectivity index (χ3n) is 5.43. The van der Waals surface area contributed by atoms with Crippen LogP contribution in [0.4, 0.5) is 0 Å². The number of benzene rings is 1. The van der Waals surface area contributed by atoms with Gasteiger partial charge in [-0.2, -0.15) is 0 Å². The van der Waals surface area contributed by atoms with Crippen LogP contribution in [0, 0.1) is 6.92 Å². The van der Waals surface area contributed by atoms with E-state index >= 15 is 0 Å². The number of amides is 1. The third kappa shape index (κ3) is 3.51. The predicted molar refractivity (Wildman–Crippen MR) is 108 cm³/mol. The molecule has 29 heavy (non-hydrogen) atoms. The van der Waals surface area contributed by atoms with E-state index in [1.165, 1.54) is 10.6 Å². The van der Waals surface area contributed by atoms with Crippen LogP contribution >= 0.6 is 0 Å². The Bertz CT molecular complexity index is 1120. The molecule has 1 atom stereocenters. The standard InChI is InChI=1S/C21H24N4O4/c1-13-20(14-5-4-6-16(9-14)29-3)23-25-19(27)11-17(22-21(13)25)15-10-18(26)24(12-15)7-8-28-2/h4-6,9,11,15,23H,7-8,10,12H2,1-3H3. The van der Waals surface area contributed by atoms with Gasteiger partial charge in [-0.05, 0) is 19.1 Å². The fraction of sp³-hybridized carbons (Fsp3) is 0.381. The Kier molecular flexibility index (Phi) is 5.10. The van der Waals surface area contributed by atoms with Crippen molar-refractivity contribution in [2.24, 2.45) is 0 Å². The molecular formula is C21H24N4O4. The van der Waals surface area contributed by atoms with Crippen molar-refractivity contribution in [2.45, 2.75) is 19.3 Å². The maximum absolute atomic E-state index is 12.8. The van der Waals surface area contributed by atoms with Crippen LogP contribution in [0.15, 0.2) is 35.1 Å². The van der Waals surface area contributed by atoms with E-state index in [1.807, 2.05) is 31.2 Å². The number of hydrogen-bond donors (Lipinski definition) is 1. The Morgan fingerprint density at radius 1 is 1.24 bits per heavy atom. The topological polar surface area (TPSA) is 88.9 Å². The zero-order chi connectivity index (χ0) is 20.5. The minimum Gasteiger partial charge on any atom is -0.497 e. The van der Waals surface area contributed by atoms with E-state index in [0.717, 1.165) is 22.6 Å². The lowest BCUT2D eigenvalue weighted by Gasteiger charge is -2.15. The van der Waals surface area contributed by atoms with Crippen LogP contribution in [-0.4, -0.2) is 59.3 Å². The van der Waals surface area contributed by atoms with E-state index in [2.05, 4.69) is 5.10 Å². The molecule has 1 aliphatic heterocycles. The van der Waals surface area contributed by atoms with Gasteiger partial charge in [-0.15, -0.1) is 0 Å². The minimum absolute atomic E-state index is 0.0666. The molecule has 1 fully saturated rings. The van der Waals surface area contributed by atoms with Crippen LogP contribution in [-0.2, 0) is 9.53 Å². The summed E-state index contributed by atoms with van der Waals surface area (Å²) < 4.78 is 11.8. The molecule has 0 saturated carbocycles. The van der Waals surface area contributed by atoms with Gasteiger partial charge in [0.25, 0.3) is 5.56 Å². The highest BCUT2D eigenvalue weighted by Crippen LogP contribution is 2.29. The first-order valence-electron chi connectivity index (χ1n) is 9.55. The summed E-state index contributed by atoms with van der Waals surface area (Å²) in [4.78, 5) is 31.5. The van der Waals surface area contributed by atoms with Gasteiger partial charge in [0.15, 0.2) is 5.65 Å². The molecule has 1 amide bonds. The molecule has 0 bridgehead atoms. The number of aromatic nitrogens is 3. The molecule has 2 aromatic heterocycles. The van der Waals surface area contributed by atoms with Crippen LogP contribution < -0.4 is 10.3 Å². The third-order valence-corrected chi connectivity index (χ3v) is 5.43. The number of nitrogens with one attached hydrogen (secondary N) is 1. The summed E-state index contributed by atoms with van der Waals surface area (Å²) in [6.07, 6.45) is 0.360. The van der Waals surface area contributed by atoms with Gasteiger partial charge in [-0.25, -0.2) is 9.50 Å². The molecule has 1 unspecified atom stereocenters. The van der Waals surface area contributed by atoms with Crippen LogP contribution in [0.2, 0.25) is 0 Å². The van der Waals surface area contributed by atoms with Crippen LogP contribution in [0.25, 0.3) is 16.9 Å². The van der Waals surface area contributed by atoms with Crippen molar-refractivity contribution in [3.63, 3.8) is 0 Å². The zero-order valence-corrected chi connectivity index (χ0v) is 16.8. The Balaban J connectivity index is 1.71. The number of nitrogens with zero attached hydrogens (tertiary/aromatic N) is 3. The number of carbonyl (C=O) groups is 1. The molecule has 1 saturated heterocycles. The van der Waals surface area contributed by atoms with Gasteiger partial charge in [-0.1, -0.05) is 12.1 Å². The first kappa shape index (κ1) is 19.2. The molecule has 0 radical (unpaired) electrons. The largest absolute Gasteiger partial charge is 0.497 e. The number of rotatable bonds is 6. The number of carbonyl (C=O) groups excluding carboxylic acids is 1. The van der Waals surface area contributed by atoms with Gasteiger partial charge in [0.1, 0.15) is 5.75 Å². The van der Waals surface area contributed by atoms with E-state index < -0.39 is 0 Å². The van der Waals surface area contributed by atoms with Crippen LogP contribution in [0.3, 0.4) is 0 Å². The zero-order valence-electron chi connectivity index (χ0n) is 16.8. The van der Waals surface area contributed by atoms with Crippen molar-refractivity contribution in [3.8, 4) is 17.0 Å². The van der Waals surface area contributed by atoms with E-state index in [0.29, 0.717) is 37.5 Å². The molecule has 152 valence electrons. The highest BCUT2D eigenvalue weighted by atomic mass is 16.5. The monoisotopic (exact) mass is 396 g/mol. The number of H-pyrrole nitrogens is 1. The van der Waals surface area contributed by atoms with Crippen LogP contribution in [0.5, 0.6) is 5.75 Å². The fourth-order valence-electron chi connectivity index (χ4n) is 3.82. The fourth-order valence-corrected chi connectivity index (χ4v) is 3.82. The summed E-state index contributed by atoms with van der Waals surface area (Å²) in [6.45, 7) is 3.53. The van der Waals surface area contributed by atoms with Crippen molar-refractivity contribution in [3.05, 3.63) is 51.9 Å². The summed E-state index contributed by atoms with van der Waals surface area (Å²) in [7, 11) is 3.23. The molecule has 4 rings (SSSR count). The van der Waals surface area contributed by atoms with E-state index in [9.17, 15) is 9.59 Å². The number of methoxy groups -OCH3 is 2. The molecular weight excluding hydrogens is 372 g/mol. The smallest absolute Gasteiger partial charge is 0.272 e. The highest BCUT2D eigenvalue weighted by Gasteiger charge is 2.32. The molecule has 1 N–H and O–H groups in total. The normalized spacial score (nSPS) is 16.7. The van der Waals surface area contributed by atoms with Crippen molar-refractivity contribution >= 4 is 11.6 Å². The second-order valence-electron chi connectivity index (χ2n) is 7.26. The predicted octanol–water partition coefficient (Wildman–Crippen LogP) is 1.97. The lowest BCUT2D eigenvalue weighted by atomic mass is 10.0. The number of ether oxygens (including phenoxy) is 2. The molecule has 3 aromatic rings. The van der Waals surface area contributed by atoms with Gasteiger partial charge >= 0.3 is 0 Å². The molecule has 1 aliphatic rings. The summed E-state index contributed by atoms with van der Waals surface area (Å²) in [5, 5.41) is 3.16. The molecule has 8 heteroatoms. The lowest BCUT2D eigenvalue weighted by molar-refractivity contribution is -0.128. The van der Waals surface area contributed by atoms with Crippen molar-refractivity contribution < 1.29 is 14.3 Å². The average Bonchev–Trinajstić information content (AvgIpc) is 3.27. The molecule has 3 heterocycles. The lowest BCUT2D eigenvalue weighted by Crippen LogP contribution is -2.28. The Hall–Kier alpha value is -3.13. The van der Waals surface area contributed by atoms with Crippen molar-refractivity contribution in [1.82, 2.24) is 19.5 Å². The van der Waals surface area contributed by atoms with E-state index in [1.54, 1.807) is 19.1 Å². The molecule has 1 aromatic carbocycles. The first-order valence-corrected chi connectivity index (χ1v) is 9.55. The van der Waals surface area contributed by atoms with Gasteiger partial charge in [-0.3, -0.25) is 14.7 Å². The Labute approximate surface area is 168 Å². The molecule has 0 aliphatic carbocycles. The second kappa shape index (κ2) is 7.71. The molecule has 0 spiro atoms. The van der Waals surface area contributed by atoms with Crippen LogP contribution in [0.1, 0.15) is 23.6 Å². The van der Waals surface area contributed by atoms with Gasteiger partial charge < -0.3 is 14.4 Å². The Morgan fingerprint density at radius 2 is 2.07 bits per heavy atom. The van der Waals surface area contributed by atoms with E-state index in [4.69, 9.17) is 14.5 Å². The van der Waals surface area contributed by atoms with Gasteiger partial charge in [0.05, 0.1) is 25.1 Å². The first-order chi connectivity index (χ1) is 14.0. The number of hydrogen-bond acceptors (Lipinski definition) is 5. The van der Waals surface area contributed by atoms with Crippen molar-refractivity contribution in [1.29, 1.82) is 0 Å². The van der Waals surface area contributed by atoms with E-state index in [-0.39, 0.29) is 17.4 Å². The summed E-state index contributed by atoms with van der Waals surface area (Å²) in [5.74, 6) is 0.714. The number of aryl methyl sites for hydroxylation is 1. The maximum atomic E-state index is 12.8. The summed E-state index contributed by atoms with van der Waals surface area (Å²) >= 11 is 0. The van der Waals surface area contributed by atoms with Gasteiger partial charge in [0, 0.05) is 49.7 Å².